The Kier molecular flexibility index (Phi) is 10.0. The first-order valence-corrected chi connectivity index (χ1v) is 7.36. The number of carboxylic acid groups (broad SMARTS) is 1. The lowest BCUT2D eigenvalue weighted by atomic mass is 10.1. The lowest BCUT2D eigenvalue weighted by molar-refractivity contribution is -0.141. The van der Waals surface area contributed by atoms with E-state index in [0.717, 1.165) is 32.5 Å². The van der Waals surface area contributed by atoms with Gasteiger partial charge in [0, 0.05) is 19.5 Å². The maximum Gasteiger partial charge on any atom is 0.327 e. The fourth-order valence-electron chi connectivity index (χ4n) is 2.03. The van der Waals surface area contributed by atoms with Crippen molar-refractivity contribution in [2.24, 2.45) is 0 Å². The van der Waals surface area contributed by atoms with Crippen molar-refractivity contribution in [2.45, 2.75) is 52.6 Å². The van der Waals surface area contributed by atoms with Crippen molar-refractivity contribution < 1.29 is 14.7 Å². The summed E-state index contributed by atoms with van der Waals surface area (Å²) >= 11 is 0. The first-order valence-electron chi connectivity index (χ1n) is 7.36. The Morgan fingerprint density at radius 1 is 1.25 bits per heavy atom. The summed E-state index contributed by atoms with van der Waals surface area (Å²) in [5.74, 6) is -1.34. The summed E-state index contributed by atoms with van der Waals surface area (Å²) in [6, 6.07) is -0.626. The number of carbonyl (C=O) groups is 2. The molecule has 3 N–H and O–H groups in total. The van der Waals surface area contributed by atoms with E-state index < -0.39 is 12.0 Å². The number of amides is 1. The molecule has 0 saturated heterocycles. The number of rotatable bonds is 11. The monoisotopic (exact) mass is 287 g/mol. The van der Waals surface area contributed by atoms with Crippen molar-refractivity contribution in [3.8, 4) is 0 Å². The molecule has 0 aliphatic heterocycles. The van der Waals surface area contributed by atoms with Crippen LogP contribution in [0.2, 0.25) is 0 Å². The van der Waals surface area contributed by atoms with Gasteiger partial charge in [0.25, 0.3) is 0 Å². The van der Waals surface area contributed by atoms with Crippen molar-refractivity contribution in [2.75, 3.05) is 26.2 Å². The summed E-state index contributed by atoms with van der Waals surface area (Å²) in [5, 5.41) is 14.6. The first kappa shape index (κ1) is 18.9. The maximum absolute atomic E-state index is 11.0. The van der Waals surface area contributed by atoms with Crippen LogP contribution < -0.4 is 10.6 Å². The fraction of sp³-hybridized carbons (Fsp3) is 0.857. The Morgan fingerprint density at radius 3 is 2.30 bits per heavy atom. The van der Waals surface area contributed by atoms with E-state index in [9.17, 15) is 9.59 Å². The van der Waals surface area contributed by atoms with Gasteiger partial charge in [-0.1, -0.05) is 13.8 Å². The van der Waals surface area contributed by atoms with Crippen LogP contribution in [0, 0.1) is 0 Å². The molecule has 0 heterocycles. The van der Waals surface area contributed by atoms with Gasteiger partial charge in [-0.3, -0.25) is 4.79 Å². The normalized spacial score (nSPS) is 14.1. The van der Waals surface area contributed by atoms with Gasteiger partial charge in [0.1, 0.15) is 6.04 Å². The average molecular weight is 287 g/mol. The molecule has 0 aliphatic carbocycles. The van der Waals surface area contributed by atoms with Gasteiger partial charge in [0.2, 0.25) is 5.91 Å². The number of aliphatic carboxylic acids is 1. The van der Waals surface area contributed by atoms with Gasteiger partial charge >= 0.3 is 5.97 Å². The Bertz CT molecular complexity index is 293. The molecule has 0 aromatic carbocycles. The summed E-state index contributed by atoms with van der Waals surface area (Å²) in [4.78, 5) is 24.2. The Morgan fingerprint density at radius 2 is 1.85 bits per heavy atom. The molecule has 6 nitrogen and oxygen atoms in total. The molecule has 118 valence electrons. The third-order valence-corrected chi connectivity index (χ3v) is 3.35. The highest BCUT2D eigenvalue weighted by Gasteiger charge is 2.18. The van der Waals surface area contributed by atoms with Crippen LogP contribution in [-0.4, -0.2) is 60.1 Å². The van der Waals surface area contributed by atoms with Crippen molar-refractivity contribution in [3.05, 3.63) is 0 Å². The SMILES string of the molecule is CCN(CC)CCCC(C)NCC(NC(C)=O)C(=O)O. The van der Waals surface area contributed by atoms with Crippen LogP contribution in [-0.2, 0) is 9.59 Å². The van der Waals surface area contributed by atoms with Gasteiger partial charge in [-0.05, 0) is 39.4 Å². The van der Waals surface area contributed by atoms with Gasteiger partial charge < -0.3 is 20.6 Å². The predicted octanol–water partition coefficient (Wildman–Crippen LogP) is 0.676. The van der Waals surface area contributed by atoms with Gasteiger partial charge in [0.15, 0.2) is 0 Å². The van der Waals surface area contributed by atoms with Crippen LogP contribution in [0.25, 0.3) is 0 Å². The summed E-state index contributed by atoms with van der Waals surface area (Å²) in [5.41, 5.74) is 0. The van der Waals surface area contributed by atoms with Gasteiger partial charge in [-0.15, -0.1) is 0 Å². The van der Waals surface area contributed by atoms with Crippen LogP contribution in [0.5, 0.6) is 0 Å². The maximum atomic E-state index is 11.0. The highest BCUT2D eigenvalue weighted by molar-refractivity contribution is 5.82. The highest BCUT2D eigenvalue weighted by Crippen LogP contribution is 2.00. The fourth-order valence-corrected chi connectivity index (χ4v) is 2.03. The zero-order chi connectivity index (χ0) is 15.5. The molecule has 0 spiro atoms. The lowest BCUT2D eigenvalue weighted by Crippen LogP contribution is -2.48. The van der Waals surface area contributed by atoms with Crippen molar-refractivity contribution >= 4 is 11.9 Å². The van der Waals surface area contributed by atoms with Crippen LogP contribution in [0.3, 0.4) is 0 Å². The van der Waals surface area contributed by atoms with Crippen molar-refractivity contribution in [1.82, 2.24) is 15.5 Å². The minimum atomic E-state index is -1.01. The number of carbonyl (C=O) groups excluding carboxylic acids is 1. The van der Waals surface area contributed by atoms with Crippen LogP contribution in [0.15, 0.2) is 0 Å². The minimum Gasteiger partial charge on any atom is -0.480 e. The molecule has 2 atom stereocenters. The summed E-state index contributed by atoms with van der Waals surface area (Å²) in [6.45, 7) is 11.1. The molecular weight excluding hydrogens is 258 g/mol. The summed E-state index contributed by atoms with van der Waals surface area (Å²) < 4.78 is 0. The second-order valence-electron chi connectivity index (χ2n) is 5.07. The van der Waals surface area contributed by atoms with E-state index >= 15 is 0 Å². The van der Waals surface area contributed by atoms with E-state index in [1.165, 1.54) is 6.92 Å². The van der Waals surface area contributed by atoms with Crippen LogP contribution >= 0.6 is 0 Å². The molecular formula is C14H29N3O3. The van der Waals surface area contributed by atoms with E-state index in [1.54, 1.807) is 0 Å². The Balaban J connectivity index is 3.92. The number of carboxylic acids is 1. The average Bonchev–Trinajstić information content (AvgIpc) is 2.38. The molecule has 0 rings (SSSR count). The van der Waals surface area contributed by atoms with Crippen LogP contribution in [0.1, 0.15) is 40.5 Å². The lowest BCUT2D eigenvalue weighted by Gasteiger charge is -2.21. The van der Waals surface area contributed by atoms with Crippen molar-refractivity contribution in [1.29, 1.82) is 0 Å². The second kappa shape index (κ2) is 10.6. The Hall–Kier alpha value is -1.14. The van der Waals surface area contributed by atoms with Gasteiger partial charge in [0.05, 0.1) is 0 Å². The molecule has 0 saturated carbocycles. The van der Waals surface area contributed by atoms with E-state index in [1.807, 2.05) is 6.92 Å². The van der Waals surface area contributed by atoms with Gasteiger partial charge in [-0.2, -0.15) is 0 Å². The number of nitrogens with zero attached hydrogens (tertiary/aromatic N) is 1. The third kappa shape index (κ3) is 8.87. The Labute approximate surface area is 121 Å². The number of nitrogens with one attached hydrogen (secondary N) is 2. The molecule has 1 amide bonds. The molecule has 20 heavy (non-hydrogen) atoms. The topological polar surface area (TPSA) is 81.7 Å². The summed E-state index contributed by atoms with van der Waals surface area (Å²) in [6.07, 6.45) is 2.07. The zero-order valence-corrected chi connectivity index (χ0v) is 13.1. The van der Waals surface area contributed by atoms with E-state index in [4.69, 9.17) is 5.11 Å². The molecule has 0 aromatic heterocycles. The standard InChI is InChI=1S/C14H29N3O3/c1-5-17(6-2)9-7-8-11(3)15-10-13(14(19)20)16-12(4)18/h11,13,15H,5-10H2,1-4H3,(H,16,18)(H,19,20). The quantitative estimate of drug-likeness (QED) is 0.520. The second-order valence-corrected chi connectivity index (χ2v) is 5.07. The molecule has 0 aromatic rings. The van der Waals surface area contributed by atoms with E-state index in [0.29, 0.717) is 0 Å². The highest BCUT2D eigenvalue weighted by atomic mass is 16.4. The largest absolute Gasteiger partial charge is 0.480 e. The van der Waals surface area contributed by atoms with Gasteiger partial charge in [-0.25, -0.2) is 4.79 Å². The molecule has 2 unspecified atom stereocenters. The first-order chi connectivity index (χ1) is 9.40. The molecule has 0 bridgehead atoms. The zero-order valence-electron chi connectivity index (χ0n) is 13.1. The number of hydrogen-bond acceptors (Lipinski definition) is 4. The van der Waals surface area contributed by atoms with E-state index in [-0.39, 0.29) is 18.5 Å². The summed E-state index contributed by atoms with van der Waals surface area (Å²) in [7, 11) is 0. The molecule has 0 fully saturated rings. The van der Waals surface area contributed by atoms with Crippen LogP contribution in [0.4, 0.5) is 0 Å². The van der Waals surface area contributed by atoms with Crippen molar-refractivity contribution in [3.63, 3.8) is 0 Å². The van der Waals surface area contributed by atoms with E-state index in [2.05, 4.69) is 29.4 Å². The third-order valence-electron chi connectivity index (χ3n) is 3.35. The minimum absolute atomic E-state index is 0.237. The molecule has 6 heteroatoms. The predicted molar refractivity (Wildman–Crippen MR) is 79.7 cm³/mol. The smallest absolute Gasteiger partial charge is 0.327 e. The number of hydrogen-bond donors (Lipinski definition) is 3. The molecule has 0 aliphatic rings. The molecule has 0 radical (unpaired) electrons.